The number of carboxylic acids is 1. The molecule has 2 saturated carbocycles. The van der Waals surface area contributed by atoms with Gasteiger partial charge in [-0.1, -0.05) is 12.8 Å². The molecule has 0 saturated heterocycles. The summed E-state index contributed by atoms with van der Waals surface area (Å²) in [4.78, 5) is 10.7. The van der Waals surface area contributed by atoms with E-state index in [4.69, 9.17) is 10.4 Å². The molecule has 0 aromatic heterocycles. The van der Waals surface area contributed by atoms with Gasteiger partial charge in [0.25, 0.3) is 0 Å². The van der Waals surface area contributed by atoms with E-state index in [-0.39, 0.29) is 5.92 Å². The summed E-state index contributed by atoms with van der Waals surface area (Å²) in [5.74, 6) is -1.09. The molecule has 0 heterocycles. The van der Waals surface area contributed by atoms with Crippen LogP contribution in [0.2, 0.25) is 0 Å². The molecule has 0 aliphatic heterocycles. The lowest BCUT2D eigenvalue weighted by Gasteiger charge is -2.42. The van der Waals surface area contributed by atoms with E-state index in [1.807, 2.05) is 0 Å². The lowest BCUT2D eigenvalue weighted by molar-refractivity contribution is -0.146. The quantitative estimate of drug-likeness (QED) is 0.732. The van der Waals surface area contributed by atoms with Gasteiger partial charge in [0.1, 0.15) is 5.54 Å². The van der Waals surface area contributed by atoms with Crippen molar-refractivity contribution in [1.29, 1.82) is 5.26 Å². The Morgan fingerprint density at radius 2 is 2.00 bits per heavy atom. The standard InChI is InChI=1S/C11H16N2O2/c12-7-11(5-8(6-11)10(14)15)13-9-3-1-2-4-9/h8-9,13H,1-6H2,(H,14,15). The van der Waals surface area contributed by atoms with Gasteiger partial charge >= 0.3 is 5.97 Å². The Balaban J connectivity index is 1.89. The van der Waals surface area contributed by atoms with E-state index in [0.29, 0.717) is 18.9 Å². The lowest BCUT2D eigenvalue weighted by Crippen LogP contribution is -2.58. The first-order valence-electron chi connectivity index (χ1n) is 5.57. The minimum absolute atomic E-state index is 0.321. The van der Waals surface area contributed by atoms with E-state index < -0.39 is 11.5 Å². The van der Waals surface area contributed by atoms with Crippen molar-refractivity contribution in [3.05, 3.63) is 0 Å². The van der Waals surface area contributed by atoms with Crippen LogP contribution in [0.1, 0.15) is 38.5 Å². The van der Waals surface area contributed by atoms with Crippen molar-refractivity contribution in [3.63, 3.8) is 0 Å². The zero-order chi connectivity index (χ0) is 10.9. The highest BCUT2D eigenvalue weighted by atomic mass is 16.4. The normalized spacial score (nSPS) is 35.8. The number of hydrogen-bond donors (Lipinski definition) is 2. The fraction of sp³-hybridized carbons (Fsp3) is 0.818. The Morgan fingerprint density at radius 3 is 2.47 bits per heavy atom. The van der Waals surface area contributed by atoms with Crippen LogP contribution < -0.4 is 5.32 Å². The molecule has 82 valence electrons. The molecule has 0 aromatic carbocycles. The van der Waals surface area contributed by atoms with Crippen LogP contribution in [-0.4, -0.2) is 22.7 Å². The summed E-state index contributed by atoms with van der Waals surface area (Å²) in [6.07, 6.45) is 5.63. The second-order valence-electron chi connectivity index (χ2n) is 4.76. The van der Waals surface area contributed by atoms with Gasteiger partial charge in [0.2, 0.25) is 0 Å². The van der Waals surface area contributed by atoms with Crippen LogP contribution in [0.25, 0.3) is 0 Å². The molecule has 15 heavy (non-hydrogen) atoms. The van der Waals surface area contributed by atoms with Crippen LogP contribution in [0, 0.1) is 17.2 Å². The number of nitrogens with one attached hydrogen (secondary N) is 1. The van der Waals surface area contributed by atoms with E-state index >= 15 is 0 Å². The van der Waals surface area contributed by atoms with E-state index in [1.165, 1.54) is 12.8 Å². The number of aliphatic carboxylic acids is 1. The lowest BCUT2D eigenvalue weighted by atomic mass is 9.68. The number of nitrogens with zero attached hydrogens (tertiary/aromatic N) is 1. The van der Waals surface area contributed by atoms with Gasteiger partial charge in [0.15, 0.2) is 0 Å². The SMILES string of the molecule is N#CC1(NC2CCCC2)CC(C(=O)O)C1. The summed E-state index contributed by atoms with van der Waals surface area (Å²) in [5.41, 5.74) is -0.544. The van der Waals surface area contributed by atoms with Gasteiger partial charge in [0, 0.05) is 6.04 Å². The maximum atomic E-state index is 10.7. The second-order valence-corrected chi connectivity index (χ2v) is 4.76. The molecule has 0 spiro atoms. The maximum Gasteiger partial charge on any atom is 0.306 e. The third-order valence-electron chi connectivity index (χ3n) is 3.59. The molecule has 4 nitrogen and oxygen atoms in total. The average molecular weight is 208 g/mol. The van der Waals surface area contributed by atoms with Crippen LogP contribution in [-0.2, 0) is 4.79 Å². The van der Waals surface area contributed by atoms with Gasteiger partial charge in [-0.3, -0.25) is 10.1 Å². The first-order chi connectivity index (χ1) is 7.15. The van der Waals surface area contributed by atoms with Gasteiger partial charge < -0.3 is 5.11 Å². The summed E-state index contributed by atoms with van der Waals surface area (Å²) < 4.78 is 0. The Labute approximate surface area is 89.3 Å². The highest BCUT2D eigenvalue weighted by molar-refractivity contribution is 5.72. The number of rotatable bonds is 3. The van der Waals surface area contributed by atoms with E-state index in [9.17, 15) is 4.79 Å². The third-order valence-corrected chi connectivity index (χ3v) is 3.59. The molecule has 2 fully saturated rings. The molecule has 2 aliphatic carbocycles. The summed E-state index contributed by atoms with van der Waals surface area (Å²) in [5, 5.41) is 21.2. The van der Waals surface area contributed by atoms with Crippen molar-refractivity contribution in [1.82, 2.24) is 5.32 Å². The topological polar surface area (TPSA) is 73.1 Å². The zero-order valence-electron chi connectivity index (χ0n) is 8.70. The molecule has 0 amide bonds. The first kappa shape index (κ1) is 10.4. The molecule has 0 radical (unpaired) electrons. The van der Waals surface area contributed by atoms with Crippen LogP contribution >= 0.6 is 0 Å². The molecular weight excluding hydrogens is 192 g/mol. The predicted molar refractivity (Wildman–Crippen MR) is 54.1 cm³/mol. The largest absolute Gasteiger partial charge is 0.481 e. The Kier molecular flexibility index (Phi) is 2.66. The monoisotopic (exact) mass is 208 g/mol. The minimum Gasteiger partial charge on any atom is -0.481 e. The van der Waals surface area contributed by atoms with E-state index in [0.717, 1.165) is 12.8 Å². The molecule has 2 N–H and O–H groups in total. The highest BCUT2D eigenvalue weighted by Crippen LogP contribution is 2.39. The fourth-order valence-electron chi connectivity index (χ4n) is 2.66. The van der Waals surface area contributed by atoms with Crippen LogP contribution in [0.4, 0.5) is 0 Å². The molecular formula is C11H16N2O2. The van der Waals surface area contributed by atoms with Crippen molar-refractivity contribution in [2.45, 2.75) is 50.1 Å². The van der Waals surface area contributed by atoms with Gasteiger partial charge in [-0.2, -0.15) is 5.26 Å². The smallest absolute Gasteiger partial charge is 0.306 e. The van der Waals surface area contributed by atoms with E-state index in [2.05, 4.69) is 11.4 Å². The Hall–Kier alpha value is -1.08. The van der Waals surface area contributed by atoms with Gasteiger partial charge in [-0.25, -0.2) is 0 Å². The van der Waals surface area contributed by atoms with Crippen molar-refractivity contribution in [2.75, 3.05) is 0 Å². The molecule has 2 aliphatic rings. The molecule has 2 rings (SSSR count). The Morgan fingerprint density at radius 1 is 1.40 bits per heavy atom. The average Bonchev–Trinajstić information content (AvgIpc) is 2.62. The summed E-state index contributed by atoms with van der Waals surface area (Å²) in [7, 11) is 0. The van der Waals surface area contributed by atoms with Crippen molar-refractivity contribution < 1.29 is 9.90 Å². The molecule has 4 heteroatoms. The van der Waals surface area contributed by atoms with Gasteiger partial charge in [0.05, 0.1) is 12.0 Å². The fourth-order valence-corrected chi connectivity index (χ4v) is 2.66. The van der Waals surface area contributed by atoms with Crippen LogP contribution in [0.3, 0.4) is 0 Å². The maximum absolute atomic E-state index is 10.7. The number of hydrogen-bond acceptors (Lipinski definition) is 3. The minimum atomic E-state index is -0.769. The highest BCUT2D eigenvalue weighted by Gasteiger charge is 2.49. The summed E-state index contributed by atoms with van der Waals surface area (Å²) in [6, 6.07) is 2.68. The number of nitriles is 1. The third kappa shape index (κ3) is 1.98. The van der Waals surface area contributed by atoms with Crippen molar-refractivity contribution in [3.8, 4) is 6.07 Å². The first-order valence-corrected chi connectivity index (χ1v) is 5.57. The molecule has 0 atom stereocenters. The van der Waals surface area contributed by atoms with Crippen molar-refractivity contribution >= 4 is 5.97 Å². The summed E-state index contributed by atoms with van der Waals surface area (Å²) >= 11 is 0. The zero-order valence-corrected chi connectivity index (χ0v) is 8.70. The molecule has 0 aromatic rings. The second kappa shape index (κ2) is 3.82. The van der Waals surface area contributed by atoms with Crippen molar-refractivity contribution in [2.24, 2.45) is 5.92 Å². The molecule has 0 unspecified atom stereocenters. The van der Waals surface area contributed by atoms with Gasteiger partial charge in [-0.05, 0) is 25.7 Å². The molecule has 0 bridgehead atoms. The van der Waals surface area contributed by atoms with Crippen LogP contribution in [0.15, 0.2) is 0 Å². The predicted octanol–water partition coefficient (Wildman–Crippen LogP) is 1.28. The number of carboxylic acid groups (broad SMARTS) is 1. The summed E-state index contributed by atoms with van der Waals surface area (Å²) in [6.45, 7) is 0. The van der Waals surface area contributed by atoms with E-state index in [1.54, 1.807) is 0 Å². The van der Waals surface area contributed by atoms with Crippen LogP contribution in [0.5, 0.6) is 0 Å². The van der Waals surface area contributed by atoms with Gasteiger partial charge in [-0.15, -0.1) is 0 Å². The Bertz CT molecular complexity index is 296. The number of carbonyl (C=O) groups is 1.